The molecule has 0 amide bonds. The topological polar surface area (TPSA) is 95.6 Å². The van der Waals surface area contributed by atoms with E-state index in [1.165, 1.54) is 11.3 Å². The summed E-state index contributed by atoms with van der Waals surface area (Å²) in [5.41, 5.74) is 2.29. The third kappa shape index (κ3) is 3.29. The number of allylic oxidation sites excluding steroid dienone is 1. The molecule has 0 radical (unpaired) electrons. The van der Waals surface area contributed by atoms with Crippen LogP contribution in [0.1, 0.15) is 24.0 Å². The average Bonchev–Trinajstić information content (AvgIpc) is 3.31. The Hall–Kier alpha value is -3.01. The van der Waals surface area contributed by atoms with Crippen molar-refractivity contribution in [2.75, 3.05) is 12.4 Å². The zero-order valence-electron chi connectivity index (χ0n) is 14.2. The standard InChI is InChI=1S/C15H18N8OS/c1-5-7-11-12(6-2)23(14-19-20-21-22(14)4)15(18-11)24-8-10-9-25-13(16-3)17-10/h5-7,9H,2,8H2,1,3-4H3,(H,16,17)/b7-5-. The second-order valence-electron chi connectivity index (χ2n) is 4.99. The van der Waals surface area contributed by atoms with Crippen molar-refractivity contribution in [1.82, 2.24) is 34.7 Å². The van der Waals surface area contributed by atoms with Crippen molar-refractivity contribution in [3.63, 3.8) is 0 Å². The lowest BCUT2D eigenvalue weighted by molar-refractivity contribution is 0.271. The summed E-state index contributed by atoms with van der Waals surface area (Å²) in [4.78, 5) is 8.95. The quantitative estimate of drug-likeness (QED) is 0.691. The molecule has 25 heavy (non-hydrogen) atoms. The van der Waals surface area contributed by atoms with Gasteiger partial charge in [-0.3, -0.25) is 0 Å². The highest BCUT2D eigenvalue weighted by molar-refractivity contribution is 7.13. The summed E-state index contributed by atoms with van der Waals surface area (Å²) >= 11 is 1.52. The molecular formula is C15H18N8OS. The third-order valence-electron chi connectivity index (χ3n) is 3.34. The zero-order chi connectivity index (χ0) is 17.8. The number of thiazole rings is 1. The fraction of sp³-hybridized carbons (Fsp3) is 0.267. The Balaban J connectivity index is 1.99. The lowest BCUT2D eigenvalue weighted by Crippen LogP contribution is -2.09. The van der Waals surface area contributed by atoms with Gasteiger partial charge in [0, 0.05) is 19.5 Å². The highest BCUT2D eigenvalue weighted by atomic mass is 32.1. The second kappa shape index (κ2) is 7.26. The van der Waals surface area contributed by atoms with Crippen molar-refractivity contribution < 1.29 is 4.74 Å². The minimum absolute atomic E-state index is 0.284. The molecule has 0 unspecified atom stereocenters. The maximum atomic E-state index is 5.91. The Labute approximate surface area is 148 Å². The monoisotopic (exact) mass is 358 g/mol. The number of tetrazole rings is 1. The van der Waals surface area contributed by atoms with Gasteiger partial charge in [0.05, 0.1) is 17.1 Å². The molecule has 1 N–H and O–H groups in total. The zero-order valence-corrected chi connectivity index (χ0v) is 15.0. The molecule has 3 rings (SSSR count). The van der Waals surface area contributed by atoms with E-state index < -0.39 is 0 Å². The summed E-state index contributed by atoms with van der Waals surface area (Å²) < 4.78 is 9.18. The van der Waals surface area contributed by atoms with Gasteiger partial charge in [-0.05, 0) is 29.5 Å². The maximum absolute atomic E-state index is 5.91. The molecule has 0 saturated heterocycles. The number of ether oxygens (including phenoxy) is 1. The van der Waals surface area contributed by atoms with Crippen LogP contribution in [-0.2, 0) is 13.7 Å². The van der Waals surface area contributed by atoms with E-state index in [0.717, 1.165) is 22.2 Å². The van der Waals surface area contributed by atoms with Crippen LogP contribution in [0.3, 0.4) is 0 Å². The molecule has 0 aromatic carbocycles. The lowest BCUT2D eigenvalue weighted by atomic mass is 10.3. The van der Waals surface area contributed by atoms with Gasteiger partial charge < -0.3 is 10.1 Å². The summed E-state index contributed by atoms with van der Waals surface area (Å²) in [7, 11) is 3.58. The van der Waals surface area contributed by atoms with Crippen LogP contribution in [0.25, 0.3) is 18.1 Å². The number of anilines is 1. The van der Waals surface area contributed by atoms with E-state index in [4.69, 9.17) is 4.74 Å². The Bertz CT molecular complexity index is 907. The summed E-state index contributed by atoms with van der Waals surface area (Å²) in [6, 6.07) is 0.375. The predicted octanol–water partition coefficient (Wildman–Crippen LogP) is 2.15. The first-order valence-corrected chi connectivity index (χ1v) is 8.41. The van der Waals surface area contributed by atoms with Gasteiger partial charge in [0.25, 0.3) is 5.95 Å². The average molecular weight is 358 g/mol. The first-order valence-electron chi connectivity index (χ1n) is 7.53. The molecule has 0 aliphatic heterocycles. The number of hydrogen-bond donors (Lipinski definition) is 1. The van der Waals surface area contributed by atoms with Gasteiger partial charge >= 0.3 is 6.01 Å². The number of hydrogen-bond acceptors (Lipinski definition) is 8. The van der Waals surface area contributed by atoms with E-state index in [9.17, 15) is 0 Å². The number of nitrogens with zero attached hydrogens (tertiary/aromatic N) is 7. The fourth-order valence-corrected chi connectivity index (χ4v) is 2.89. The molecule has 0 aliphatic rings. The summed E-state index contributed by atoms with van der Waals surface area (Å²) in [6.45, 7) is 6.08. The number of rotatable bonds is 7. The van der Waals surface area contributed by atoms with Crippen molar-refractivity contribution in [2.45, 2.75) is 13.5 Å². The van der Waals surface area contributed by atoms with Crippen LogP contribution in [0.2, 0.25) is 0 Å². The SMILES string of the molecule is C=Cc1c(/C=C\C)nc(OCc2csc(NC)n2)n1-c1nnnn1C. The van der Waals surface area contributed by atoms with Crippen LogP contribution in [-0.4, -0.2) is 41.8 Å². The van der Waals surface area contributed by atoms with Crippen LogP contribution in [0, 0.1) is 0 Å². The Kier molecular flexibility index (Phi) is 4.89. The van der Waals surface area contributed by atoms with E-state index in [-0.39, 0.29) is 6.61 Å². The minimum Gasteiger partial charge on any atom is -0.458 e. The van der Waals surface area contributed by atoms with Gasteiger partial charge in [0.2, 0.25) is 0 Å². The lowest BCUT2D eigenvalue weighted by Gasteiger charge is -2.08. The van der Waals surface area contributed by atoms with Gasteiger partial charge in [0.15, 0.2) is 5.13 Å². The molecule has 0 bridgehead atoms. The van der Waals surface area contributed by atoms with E-state index in [1.54, 1.807) is 22.4 Å². The molecule has 3 aromatic rings. The van der Waals surface area contributed by atoms with Crippen LogP contribution >= 0.6 is 11.3 Å². The number of nitrogens with one attached hydrogen (secondary N) is 1. The first kappa shape index (κ1) is 16.8. The number of aryl methyl sites for hydroxylation is 1. The van der Waals surface area contributed by atoms with Crippen LogP contribution in [0.15, 0.2) is 18.0 Å². The van der Waals surface area contributed by atoms with Crippen LogP contribution < -0.4 is 10.1 Å². The smallest absolute Gasteiger partial charge is 0.305 e. The summed E-state index contributed by atoms with van der Waals surface area (Å²) in [6.07, 6.45) is 5.48. The molecule has 3 aromatic heterocycles. The van der Waals surface area contributed by atoms with Crippen molar-refractivity contribution >= 4 is 28.6 Å². The molecule has 130 valence electrons. The highest BCUT2D eigenvalue weighted by Gasteiger charge is 2.20. The van der Waals surface area contributed by atoms with Gasteiger partial charge in [0.1, 0.15) is 6.61 Å². The molecule has 0 fully saturated rings. The molecule has 0 saturated carbocycles. The number of imidazole rings is 1. The molecular weight excluding hydrogens is 340 g/mol. The van der Waals surface area contributed by atoms with E-state index in [1.807, 2.05) is 31.5 Å². The van der Waals surface area contributed by atoms with Gasteiger partial charge in [-0.2, -0.15) is 4.98 Å². The Morgan fingerprint density at radius 1 is 1.40 bits per heavy atom. The fourth-order valence-electron chi connectivity index (χ4n) is 2.24. The third-order valence-corrected chi connectivity index (χ3v) is 4.25. The molecule has 0 spiro atoms. The van der Waals surface area contributed by atoms with E-state index >= 15 is 0 Å². The van der Waals surface area contributed by atoms with Crippen LogP contribution in [0.5, 0.6) is 6.01 Å². The molecule has 9 nitrogen and oxygen atoms in total. The minimum atomic E-state index is 0.284. The van der Waals surface area contributed by atoms with Crippen molar-refractivity contribution in [1.29, 1.82) is 0 Å². The van der Waals surface area contributed by atoms with E-state index in [0.29, 0.717) is 12.0 Å². The first-order chi connectivity index (χ1) is 12.2. The summed E-state index contributed by atoms with van der Waals surface area (Å²) in [5, 5.41) is 17.4. The Morgan fingerprint density at radius 2 is 2.24 bits per heavy atom. The maximum Gasteiger partial charge on any atom is 0.305 e. The molecule has 0 aliphatic carbocycles. The van der Waals surface area contributed by atoms with Crippen molar-refractivity contribution in [2.24, 2.45) is 7.05 Å². The predicted molar refractivity (Wildman–Crippen MR) is 96.7 cm³/mol. The van der Waals surface area contributed by atoms with Crippen molar-refractivity contribution in [3.8, 4) is 12.0 Å². The second-order valence-corrected chi connectivity index (χ2v) is 5.85. The molecule has 3 heterocycles. The normalized spacial score (nSPS) is 11.2. The van der Waals surface area contributed by atoms with E-state index in [2.05, 4.69) is 37.4 Å². The molecule has 10 heteroatoms. The van der Waals surface area contributed by atoms with Gasteiger partial charge in [-0.25, -0.2) is 14.2 Å². The number of aromatic nitrogens is 7. The largest absolute Gasteiger partial charge is 0.458 e. The van der Waals surface area contributed by atoms with Crippen LogP contribution in [0.4, 0.5) is 5.13 Å². The highest BCUT2D eigenvalue weighted by Crippen LogP contribution is 2.25. The summed E-state index contributed by atoms with van der Waals surface area (Å²) in [5.74, 6) is 0.488. The Morgan fingerprint density at radius 3 is 2.84 bits per heavy atom. The van der Waals surface area contributed by atoms with Gasteiger partial charge in [-0.15, -0.1) is 11.3 Å². The molecule has 0 atom stereocenters. The van der Waals surface area contributed by atoms with Gasteiger partial charge in [-0.1, -0.05) is 17.8 Å². The van der Waals surface area contributed by atoms with Crippen molar-refractivity contribution in [3.05, 3.63) is 35.1 Å².